The number of esters is 1. The number of ether oxygens (including phenoxy) is 1. The highest BCUT2D eigenvalue weighted by atomic mass is 16.5. The molecule has 0 aromatic heterocycles. The molecule has 2 heteroatoms. The van der Waals surface area contributed by atoms with Crippen molar-refractivity contribution in [2.24, 2.45) is 17.3 Å². The molecule has 2 bridgehead atoms. The summed E-state index contributed by atoms with van der Waals surface area (Å²) in [4.78, 5) is 11.3. The number of rotatable bonds is 4. The van der Waals surface area contributed by atoms with Crippen molar-refractivity contribution in [3.8, 4) is 0 Å². The third-order valence-corrected chi connectivity index (χ3v) is 5.18. The smallest absolute Gasteiger partial charge is 0.333 e. The maximum absolute atomic E-state index is 11.3. The minimum atomic E-state index is -0.216. The summed E-state index contributed by atoms with van der Waals surface area (Å²) < 4.78 is 4.71. The topological polar surface area (TPSA) is 26.3 Å². The van der Waals surface area contributed by atoms with Gasteiger partial charge in [0.1, 0.15) is 0 Å². The summed E-state index contributed by atoms with van der Waals surface area (Å²) in [5.74, 6) is 1.37. The maximum atomic E-state index is 11.3. The van der Waals surface area contributed by atoms with Crippen LogP contribution < -0.4 is 0 Å². The summed E-state index contributed by atoms with van der Waals surface area (Å²) in [6.45, 7) is 8.51. The van der Waals surface area contributed by atoms with Crippen molar-refractivity contribution in [3.63, 3.8) is 0 Å². The first kappa shape index (κ1) is 13.4. The molecule has 0 saturated heterocycles. The highest BCUT2D eigenvalue weighted by Crippen LogP contribution is 2.60. The van der Waals surface area contributed by atoms with Gasteiger partial charge in [-0.2, -0.15) is 0 Å². The van der Waals surface area contributed by atoms with E-state index in [9.17, 15) is 4.79 Å². The van der Waals surface area contributed by atoms with Crippen molar-refractivity contribution in [1.29, 1.82) is 0 Å². The summed E-state index contributed by atoms with van der Waals surface area (Å²) in [7, 11) is 1.43. The number of carbonyl (C=O) groups is 1. The predicted molar refractivity (Wildman–Crippen MR) is 73.1 cm³/mol. The Morgan fingerprint density at radius 2 is 2.28 bits per heavy atom. The van der Waals surface area contributed by atoms with Crippen LogP contribution in [-0.2, 0) is 9.53 Å². The van der Waals surface area contributed by atoms with E-state index in [0.717, 1.165) is 30.3 Å². The van der Waals surface area contributed by atoms with Gasteiger partial charge in [-0.3, -0.25) is 0 Å². The van der Waals surface area contributed by atoms with Crippen molar-refractivity contribution < 1.29 is 9.53 Å². The van der Waals surface area contributed by atoms with E-state index >= 15 is 0 Å². The lowest BCUT2D eigenvalue weighted by Gasteiger charge is -2.36. The van der Waals surface area contributed by atoms with Gasteiger partial charge in [0.15, 0.2) is 0 Å². The van der Waals surface area contributed by atoms with E-state index in [0.29, 0.717) is 5.41 Å². The third-order valence-electron chi connectivity index (χ3n) is 5.18. The van der Waals surface area contributed by atoms with Crippen LogP contribution in [0.4, 0.5) is 0 Å². The fraction of sp³-hybridized carbons (Fsp3) is 0.688. The van der Waals surface area contributed by atoms with Crippen molar-refractivity contribution in [2.75, 3.05) is 7.11 Å². The van der Waals surface area contributed by atoms with Gasteiger partial charge < -0.3 is 4.74 Å². The Morgan fingerprint density at radius 1 is 1.56 bits per heavy atom. The van der Waals surface area contributed by atoms with Gasteiger partial charge in [-0.25, -0.2) is 4.79 Å². The summed E-state index contributed by atoms with van der Waals surface area (Å²) in [6.07, 6.45) is 8.11. The summed E-state index contributed by atoms with van der Waals surface area (Å²) in [5.41, 5.74) is 2.48. The number of hydrogen-bond donors (Lipinski definition) is 0. The van der Waals surface area contributed by atoms with Crippen LogP contribution >= 0.6 is 0 Å². The fourth-order valence-electron chi connectivity index (χ4n) is 3.80. The molecule has 0 aromatic carbocycles. The lowest BCUT2D eigenvalue weighted by atomic mass is 9.69. The van der Waals surface area contributed by atoms with Gasteiger partial charge in [0.25, 0.3) is 0 Å². The molecule has 2 fully saturated rings. The number of methoxy groups -OCH3 is 1. The Kier molecular flexibility index (Phi) is 3.65. The number of hydrogen-bond acceptors (Lipinski definition) is 2. The Morgan fingerprint density at radius 3 is 2.83 bits per heavy atom. The van der Waals surface area contributed by atoms with Gasteiger partial charge in [0, 0.05) is 5.57 Å². The molecule has 18 heavy (non-hydrogen) atoms. The molecule has 0 amide bonds. The van der Waals surface area contributed by atoms with E-state index in [1.165, 1.54) is 31.9 Å². The Bertz CT molecular complexity index is 394. The highest BCUT2D eigenvalue weighted by molar-refractivity contribution is 5.87. The van der Waals surface area contributed by atoms with Crippen molar-refractivity contribution in [2.45, 2.75) is 46.0 Å². The number of allylic oxidation sites excluding steroid dienone is 2. The molecule has 100 valence electrons. The van der Waals surface area contributed by atoms with Crippen LogP contribution in [0.5, 0.6) is 0 Å². The Balaban J connectivity index is 1.95. The van der Waals surface area contributed by atoms with E-state index in [4.69, 9.17) is 4.74 Å². The van der Waals surface area contributed by atoms with Crippen LogP contribution in [0.1, 0.15) is 46.0 Å². The van der Waals surface area contributed by atoms with E-state index < -0.39 is 0 Å². The van der Waals surface area contributed by atoms with Gasteiger partial charge in [0.05, 0.1) is 7.11 Å². The maximum Gasteiger partial charge on any atom is 0.333 e. The second-order valence-electron chi connectivity index (χ2n) is 6.07. The number of fused-ring (bicyclic) bond motifs is 2. The van der Waals surface area contributed by atoms with E-state index in [-0.39, 0.29) is 5.97 Å². The van der Waals surface area contributed by atoms with Crippen LogP contribution in [0, 0.1) is 17.3 Å². The highest BCUT2D eigenvalue weighted by Gasteiger charge is 2.49. The molecule has 0 radical (unpaired) electrons. The second kappa shape index (κ2) is 4.91. The zero-order valence-corrected chi connectivity index (χ0v) is 11.8. The molecule has 0 spiro atoms. The predicted octanol–water partition coefficient (Wildman–Crippen LogP) is 3.88. The molecule has 2 aliphatic rings. The van der Waals surface area contributed by atoms with Gasteiger partial charge in [0.2, 0.25) is 0 Å². The van der Waals surface area contributed by atoms with E-state index in [2.05, 4.69) is 13.5 Å². The minimum Gasteiger partial charge on any atom is -0.466 e. The average molecular weight is 248 g/mol. The van der Waals surface area contributed by atoms with Crippen LogP contribution in [-0.4, -0.2) is 13.1 Å². The first-order chi connectivity index (χ1) is 8.49. The van der Waals surface area contributed by atoms with Crippen molar-refractivity contribution in [3.05, 3.63) is 23.8 Å². The Hall–Kier alpha value is -1.05. The first-order valence-corrected chi connectivity index (χ1v) is 6.93. The molecule has 3 atom stereocenters. The zero-order chi connectivity index (χ0) is 13.3. The standard InChI is InChI=1S/C16H24O2/c1-11(15(17)18-4)6-5-9-16(3)12(2)13-7-8-14(16)10-13/h6,13-14H,2,5,7-10H2,1,3-4H3. The SMILES string of the molecule is C=C1C2CCC(C2)C1(C)CCC=C(C)C(=O)OC. The molecule has 0 aliphatic heterocycles. The summed E-state index contributed by atoms with van der Waals surface area (Å²) >= 11 is 0. The lowest BCUT2D eigenvalue weighted by Crippen LogP contribution is -2.26. The average Bonchev–Trinajstić information content (AvgIpc) is 2.92. The molecule has 0 aromatic rings. The van der Waals surface area contributed by atoms with E-state index in [1.54, 1.807) is 0 Å². The molecule has 2 saturated carbocycles. The fourth-order valence-corrected chi connectivity index (χ4v) is 3.80. The second-order valence-corrected chi connectivity index (χ2v) is 6.07. The van der Waals surface area contributed by atoms with Gasteiger partial charge in [-0.15, -0.1) is 0 Å². The van der Waals surface area contributed by atoms with Gasteiger partial charge in [-0.05, 0) is 56.3 Å². The first-order valence-electron chi connectivity index (χ1n) is 6.93. The quantitative estimate of drug-likeness (QED) is 0.429. The molecule has 0 N–H and O–H groups in total. The lowest BCUT2D eigenvalue weighted by molar-refractivity contribution is -0.136. The summed E-state index contributed by atoms with van der Waals surface area (Å²) in [6, 6.07) is 0. The monoisotopic (exact) mass is 248 g/mol. The summed E-state index contributed by atoms with van der Waals surface area (Å²) in [5, 5.41) is 0. The molecule has 3 unspecified atom stereocenters. The van der Waals surface area contributed by atoms with Crippen LogP contribution in [0.2, 0.25) is 0 Å². The molecule has 0 heterocycles. The van der Waals surface area contributed by atoms with Crippen molar-refractivity contribution >= 4 is 5.97 Å². The zero-order valence-electron chi connectivity index (χ0n) is 11.8. The van der Waals surface area contributed by atoms with Crippen LogP contribution in [0.3, 0.4) is 0 Å². The third kappa shape index (κ3) is 2.13. The number of carbonyl (C=O) groups excluding carboxylic acids is 1. The van der Waals surface area contributed by atoms with E-state index in [1.807, 2.05) is 13.0 Å². The largest absolute Gasteiger partial charge is 0.466 e. The molecular formula is C16H24O2. The normalized spacial score (nSPS) is 35.1. The van der Waals surface area contributed by atoms with Crippen LogP contribution in [0.15, 0.2) is 23.8 Å². The molecule has 2 rings (SSSR count). The Labute approximate surface area is 110 Å². The van der Waals surface area contributed by atoms with Gasteiger partial charge >= 0.3 is 5.97 Å². The van der Waals surface area contributed by atoms with Gasteiger partial charge in [-0.1, -0.05) is 25.2 Å². The molecule has 2 nitrogen and oxygen atoms in total. The molecular weight excluding hydrogens is 224 g/mol. The van der Waals surface area contributed by atoms with Crippen LogP contribution in [0.25, 0.3) is 0 Å². The molecule has 2 aliphatic carbocycles. The van der Waals surface area contributed by atoms with Crippen molar-refractivity contribution in [1.82, 2.24) is 0 Å². The minimum absolute atomic E-state index is 0.216.